The Morgan fingerprint density at radius 2 is 1.97 bits per heavy atom. The number of fused-ring (bicyclic) bond motifs is 1. The Morgan fingerprint density at radius 3 is 2.76 bits per heavy atom. The second-order valence-electron chi connectivity index (χ2n) is 7.02. The molecule has 0 saturated heterocycles. The average Bonchev–Trinajstić information content (AvgIpc) is 3.16. The van der Waals surface area contributed by atoms with Crippen molar-refractivity contribution in [2.24, 2.45) is 0 Å². The van der Waals surface area contributed by atoms with Crippen LogP contribution in [-0.4, -0.2) is 36.5 Å². The van der Waals surface area contributed by atoms with E-state index in [-0.39, 0.29) is 11.9 Å². The summed E-state index contributed by atoms with van der Waals surface area (Å²) in [4.78, 5) is 29.8. The first kappa shape index (κ1) is 18.7. The number of aryl methyl sites for hydroxylation is 2. The van der Waals surface area contributed by atoms with Crippen LogP contribution in [0.15, 0.2) is 67.5 Å². The molecule has 1 amide bonds. The summed E-state index contributed by atoms with van der Waals surface area (Å²) in [6.45, 7) is 2.73. The molecular weight excluding hydrogens is 364 g/mol. The Hall–Kier alpha value is -3.61. The van der Waals surface area contributed by atoms with Crippen LogP contribution in [0.4, 0.5) is 0 Å². The topological polar surface area (TPSA) is 85.6 Å². The molecule has 4 rings (SSSR count). The smallest absolute Gasteiger partial charge is 0.253 e. The maximum atomic E-state index is 12.6. The van der Waals surface area contributed by atoms with Crippen molar-refractivity contribution in [2.45, 2.75) is 32.4 Å². The molecule has 1 aromatic carbocycles. The number of nitrogens with zero attached hydrogens (tertiary/aromatic N) is 5. The lowest BCUT2D eigenvalue weighted by Gasteiger charge is -2.13. The molecule has 0 radical (unpaired) electrons. The Morgan fingerprint density at radius 1 is 1.10 bits per heavy atom. The van der Waals surface area contributed by atoms with Gasteiger partial charge in [-0.05, 0) is 25.0 Å². The molecule has 1 atom stereocenters. The standard InChI is InChI=1S/C22H22N6O/c1-16(11-19-14-23-8-9-24-19)27-22(29)18-12-20-21(25-13-18)28(15-26-20)10-7-17-5-3-2-4-6-17/h2-6,8-9,12-16H,7,10-11H2,1H3,(H,27,29). The van der Waals surface area contributed by atoms with Crippen LogP contribution in [0.3, 0.4) is 0 Å². The molecule has 29 heavy (non-hydrogen) atoms. The fraction of sp³-hybridized carbons (Fsp3) is 0.227. The van der Waals surface area contributed by atoms with Gasteiger partial charge in [0, 0.05) is 43.8 Å². The summed E-state index contributed by atoms with van der Waals surface area (Å²) >= 11 is 0. The van der Waals surface area contributed by atoms with Crippen molar-refractivity contribution < 1.29 is 4.79 Å². The van der Waals surface area contributed by atoms with E-state index >= 15 is 0 Å². The minimum absolute atomic E-state index is 0.0710. The monoisotopic (exact) mass is 386 g/mol. The second-order valence-corrected chi connectivity index (χ2v) is 7.02. The number of imidazole rings is 1. The highest BCUT2D eigenvalue weighted by molar-refractivity contribution is 5.96. The summed E-state index contributed by atoms with van der Waals surface area (Å²) in [6.07, 6.45) is 9.88. The second kappa shape index (κ2) is 8.60. The van der Waals surface area contributed by atoms with E-state index in [2.05, 4.69) is 37.4 Å². The van der Waals surface area contributed by atoms with E-state index in [1.807, 2.05) is 29.7 Å². The molecule has 0 spiro atoms. The summed E-state index contributed by atoms with van der Waals surface area (Å²) in [7, 11) is 0. The van der Waals surface area contributed by atoms with Crippen molar-refractivity contribution in [3.63, 3.8) is 0 Å². The van der Waals surface area contributed by atoms with E-state index in [0.717, 1.165) is 24.3 Å². The number of amides is 1. The molecule has 0 saturated carbocycles. The maximum Gasteiger partial charge on any atom is 0.253 e. The Bertz CT molecular complexity index is 1090. The predicted octanol–water partition coefficient (Wildman–Crippen LogP) is 2.83. The predicted molar refractivity (Wildman–Crippen MR) is 110 cm³/mol. The fourth-order valence-corrected chi connectivity index (χ4v) is 3.24. The maximum absolute atomic E-state index is 12.6. The number of carbonyl (C=O) groups excluding carboxylic acids is 1. The van der Waals surface area contributed by atoms with Crippen LogP contribution < -0.4 is 5.32 Å². The fourth-order valence-electron chi connectivity index (χ4n) is 3.24. The summed E-state index contributed by atoms with van der Waals surface area (Å²) < 4.78 is 2.01. The van der Waals surface area contributed by atoms with E-state index in [1.165, 1.54) is 5.56 Å². The minimum Gasteiger partial charge on any atom is -0.349 e. The highest BCUT2D eigenvalue weighted by Crippen LogP contribution is 2.13. The molecule has 4 aromatic rings. The van der Waals surface area contributed by atoms with Crippen LogP contribution in [0.25, 0.3) is 11.2 Å². The van der Waals surface area contributed by atoms with Gasteiger partial charge in [-0.15, -0.1) is 0 Å². The zero-order valence-corrected chi connectivity index (χ0v) is 16.2. The van der Waals surface area contributed by atoms with Gasteiger partial charge in [-0.2, -0.15) is 0 Å². The number of aromatic nitrogens is 5. The molecule has 0 fully saturated rings. The van der Waals surface area contributed by atoms with Crippen LogP contribution in [0, 0.1) is 0 Å². The van der Waals surface area contributed by atoms with Crippen molar-refractivity contribution >= 4 is 17.1 Å². The van der Waals surface area contributed by atoms with Gasteiger partial charge in [-0.3, -0.25) is 14.8 Å². The molecule has 1 N–H and O–H groups in total. The summed E-state index contributed by atoms with van der Waals surface area (Å²) in [5.41, 5.74) is 4.10. The Labute approximate surface area is 168 Å². The number of hydrogen-bond donors (Lipinski definition) is 1. The van der Waals surface area contributed by atoms with E-state index in [1.54, 1.807) is 37.2 Å². The normalized spacial score (nSPS) is 12.0. The zero-order chi connectivity index (χ0) is 20.1. The summed E-state index contributed by atoms with van der Waals surface area (Å²) in [5.74, 6) is -0.172. The quantitative estimate of drug-likeness (QED) is 0.528. The summed E-state index contributed by atoms with van der Waals surface area (Å²) in [5, 5.41) is 2.98. The number of pyridine rings is 1. The molecule has 1 unspecified atom stereocenters. The molecule has 0 aliphatic heterocycles. The lowest BCUT2D eigenvalue weighted by molar-refractivity contribution is 0.0939. The molecule has 0 bridgehead atoms. The van der Waals surface area contributed by atoms with Gasteiger partial charge in [0.2, 0.25) is 0 Å². The third-order valence-corrected chi connectivity index (χ3v) is 4.71. The molecule has 0 aliphatic rings. The first-order valence-electron chi connectivity index (χ1n) is 9.59. The number of hydrogen-bond acceptors (Lipinski definition) is 5. The number of carbonyl (C=O) groups is 1. The molecule has 0 aliphatic carbocycles. The number of rotatable bonds is 7. The van der Waals surface area contributed by atoms with E-state index in [4.69, 9.17) is 0 Å². The van der Waals surface area contributed by atoms with Gasteiger partial charge in [-0.1, -0.05) is 30.3 Å². The minimum atomic E-state index is -0.172. The van der Waals surface area contributed by atoms with Gasteiger partial charge in [0.25, 0.3) is 5.91 Å². The molecule has 7 nitrogen and oxygen atoms in total. The van der Waals surface area contributed by atoms with Crippen molar-refractivity contribution in [2.75, 3.05) is 0 Å². The van der Waals surface area contributed by atoms with Crippen LogP contribution in [-0.2, 0) is 19.4 Å². The molecule has 7 heteroatoms. The third kappa shape index (κ3) is 4.63. The van der Waals surface area contributed by atoms with E-state index in [9.17, 15) is 4.79 Å². The van der Waals surface area contributed by atoms with Crippen LogP contribution in [0.5, 0.6) is 0 Å². The van der Waals surface area contributed by atoms with E-state index in [0.29, 0.717) is 17.5 Å². The third-order valence-electron chi connectivity index (χ3n) is 4.71. The van der Waals surface area contributed by atoms with Gasteiger partial charge in [0.05, 0.1) is 17.6 Å². The van der Waals surface area contributed by atoms with Crippen molar-refractivity contribution in [3.05, 3.63) is 84.3 Å². The van der Waals surface area contributed by atoms with Gasteiger partial charge in [0.1, 0.15) is 5.52 Å². The molecule has 146 valence electrons. The largest absolute Gasteiger partial charge is 0.349 e. The van der Waals surface area contributed by atoms with Crippen LogP contribution in [0.2, 0.25) is 0 Å². The first-order chi connectivity index (χ1) is 14.2. The molecule has 3 aromatic heterocycles. The lowest BCUT2D eigenvalue weighted by Crippen LogP contribution is -2.34. The zero-order valence-electron chi connectivity index (χ0n) is 16.2. The van der Waals surface area contributed by atoms with Crippen molar-refractivity contribution in [3.8, 4) is 0 Å². The van der Waals surface area contributed by atoms with E-state index < -0.39 is 0 Å². The Balaban J connectivity index is 1.41. The highest BCUT2D eigenvalue weighted by atomic mass is 16.1. The Kier molecular flexibility index (Phi) is 5.56. The van der Waals surface area contributed by atoms with Crippen LogP contribution >= 0.6 is 0 Å². The van der Waals surface area contributed by atoms with Crippen molar-refractivity contribution in [1.82, 2.24) is 29.8 Å². The average molecular weight is 386 g/mol. The SMILES string of the molecule is CC(Cc1cnccn1)NC(=O)c1cnc2c(c1)ncn2CCc1ccccc1. The van der Waals surface area contributed by atoms with Gasteiger partial charge >= 0.3 is 0 Å². The van der Waals surface area contributed by atoms with Gasteiger partial charge in [0.15, 0.2) is 5.65 Å². The van der Waals surface area contributed by atoms with Crippen LogP contribution in [0.1, 0.15) is 28.5 Å². The lowest BCUT2D eigenvalue weighted by atomic mass is 10.1. The highest BCUT2D eigenvalue weighted by Gasteiger charge is 2.14. The molecule has 3 heterocycles. The molecular formula is C22H22N6O. The van der Waals surface area contributed by atoms with Gasteiger partial charge < -0.3 is 9.88 Å². The summed E-state index contributed by atoms with van der Waals surface area (Å²) in [6, 6.07) is 12.0. The van der Waals surface area contributed by atoms with Gasteiger partial charge in [-0.25, -0.2) is 9.97 Å². The van der Waals surface area contributed by atoms with Crippen molar-refractivity contribution in [1.29, 1.82) is 0 Å². The first-order valence-corrected chi connectivity index (χ1v) is 9.59. The number of benzene rings is 1. The number of nitrogens with one attached hydrogen (secondary N) is 1.